The molecule has 0 saturated heterocycles. The van der Waals surface area contributed by atoms with Gasteiger partial charge in [0.15, 0.2) is 17.0 Å². The third-order valence-corrected chi connectivity index (χ3v) is 3.67. The summed E-state index contributed by atoms with van der Waals surface area (Å²) >= 11 is 0. The van der Waals surface area contributed by atoms with Crippen LogP contribution in [-0.2, 0) is 13.1 Å². The number of aromatic nitrogens is 3. The van der Waals surface area contributed by atoms with Crippen LogP contribution in [0.1, 0.15) is 11.5 Å². The van der Waals surface area contributed by atoms with Gasteiger partial charge in [-0.3, -0.25) is 4.79 Å². The quantitative estimate of drug-likeness (QED) is 0.580. The Morgan fingerprint density at radius 3 is 2.96 bits per heavy atom. The minimum absolute atomic E-state index is 0.200. The highest BCUT2D eigenvalue weighted by atomic mass is 19.1. The van der Waals surface area contributed by atoms with Crippen molar-refractivity contribution in [1.82, 2.24) is 20.4 Å². The number of rotatable bonds is 5. The van der Waals surface area contributed by atoms with Crippen LogP contribution in [0.4, 0.5) is 4.39 Å². The summed E-state index contributed by atoms with van der Waals surface area (Å²) in [5.41, 5.74) is 0.536. The molecular formula is C17H13FN4O3. The molecule has 3 heterocycles. The summed E-state index contributed by atoms with van der Waals surface area (Å²) in [6, 6.07) is 9.30. The van der Waals surface area contributed by atoms with Crippen LogP contribution >= 0.6 is 0 Å². The number of benzene rings is 1. The third-order valence-electron chi connectivity index (χ3n) is 3.67. The van der Waals surface area contributed by atoms with E-state index in [-0.39, 0.29) is 10.9 Å². The zero-order chi connectivity index (χ0) is 17.2. The summed E-state index contributed by atoms with van der Waals surface area (Å²) < 4.78 is 24.1. The normalized spacial score (nSPS) is 11.2. The first-order valence-corrected chi connectivity index (χ1v) is 7.58. The number of hydrogen-bond acceptors (Lipinski definition) is 6. The summed E-state index contributed by atoms with van der Waals surface area (Å²) in [4.78, 5) is 19.2. The van der Waals surface area contributed by atoms with Gasteiger partial charge >= 0.3 is 0 Å². The van der Waals surface area contributed by atoms with Crippen LogP contribution in [0.15, 0.2) is 56.4 Å². The van der Waals surface area contributed by atoms with E-state index in [2.05, 4.69) is 20.4 Å². The number of H-pyrrole nitrogens is 1. The highest BCUT2D eigenvalue weighted by Crippen LogP contribution is 2.17. The van der Waals surface area contributed by atoms with Gasteiger partial charge in [-0.25, -0.2) is 4.39 Å². The minimum Gasteiger partial charge on any atom is -0.459 e. The Balaban J connectivity index is 1.46. The SMILES string of the molecule is O=c1cc(CNCc2noc(-c3ccco3)n2)[nH]c2c(F)cccc12. The standard InChI is InChI=1S/C17H13FN4O3/c18-12-4-1-3-11-13(23)7-10(20-16(11)12)8-19-9-15-21-17(25-22-15)14-5-2-6-24-14/h1-7,19H,8-9H2,(H,20,23). The van der Waals surface area contributed by atoms with E-state index < -0.39 is 5.82 Å². The monoisotopic (exact) mass is 340 g/mol. The van der Waals surface area contributed by atoms with Gasteiger partial charge in [0, 0.05) is 23.7 Å². The second-order valence-corrected chi connectivity index (χ2v) is 5.42. The van der Waals surface area contributed by atoms with Crippen molar-refractivity contribution in [3.63, 3.8) is 0 Å². The molecule has 0 aliphatic heterocycles. The number of pyridine rings is 1. The molecule has 0 radical (unpaired) electrons. The highest BCUT2D eigenvalue weighted by Gasteiger charge is 2.11. The van der Waals surface area contributed by atoms with Crippen molar-refractivity contribution in [2.24, 2.45) is 0 Å². The van der Waals surface area contributed by atoms with Gasteiger partial charge in [0.25, 0.3) is 5.89 Å². The number of furan rings is 1. The molecule has 8 heteroatoms. The van der Waals surface area contributed by atoms with Crippen LogP contribution in [0, 0.1) is 5.82 Å². The predicted octanol–water partition coefficient (Wildman–Crippen LogP) is 2.60. The lowest BCUT2D eigenvalue weighted by molar-refractivity contribution is 0.406. The number of aromatic amines is 1. The topological polar surface area (TPSA) is 97.0 Å². The molecule has 0 amide bonds. The molecule has 0 spiro atoms. The zero-order valence-corrected chi connectivity index (χ0v) is 13.0. The van der Waals surface area contributed by atoms with Gasteiger partial charge in [0.1, 0.15) is 5.82 Å². The lowest BCUT2D eigenvalue weighted by atomic mass is 10.2. The molecule has 0 bridgehead atoms. The zero-order valence-electron chi connectivity index (χ0n) is 13.0. The molecular weight excluding hydrogens is 327 g/mol. The van der Waals surface area contributed by atoms with E-state index in [9.17, 15) is 9.18 Å². The average Bonchev–Trinajstić information content (AvgIpc) is 3.27. The minimum atomic E-state index is -0.460. The number of nitrogens with zero attached hydrogens (tertiary/aromatic N) is 2. The Morgan fingerprint density at radius 2 is 2.12 bits per heavy atom. The number of fused-ring (bicyclic) bond motifs is 1. The Morgan fingerprint density at radius 1 is 1.20 bits per heavy atom. The Kier molecular flexibility index (Phi) is 3.87. The molecule has 1 aromatic carbocycles. The van der Waals surface area contributed by atoms with Crippen LogP contribution < -0.4 is 10.7 Å². The van der Waals surface area contributed by atoms with Gasteiger partial charge < -0.3 is 19.2 Å². The fourth-order valence-electron chi connectivity index (χ4n) is 2.52. The van der Waals surface area contributed by atoms with E-state index in [1.165, 1.54) is 24.5 Å². The van der Waals surface area contributed by atoms with E-state index in [4.69, 9.17) is 8.94 Å². The fourth-order valence-corrected chi connectivity index (χ4v) is 2.52. The maximum atomic E-state index is 13.8. The number of halogens is 1. The van der Waals surface area contributed by atoms with Crippen molar-refractivity contribution in [2.75, 3.05) is 0 Å². The average molecular weight is 340 g/mol. The molecule has 126 valence electrons. The lowest BCUT2D eigenvalue weighted by Crippen LogP contribution is -2.17. The number of nitrogens with one attached hydrogen (secondary N) is 2. The summed E-state index contributed by atoms with van der Waals surface area (Å²) in [7, 11) is 0. The third kappa shape index (κ3) is 3.07. The largest absolute Gasteiger partial charge is 0.459 e. The Labute approximate surface area is 140 Å². The molecule has 7 nitrogen and oxygen atoms in total. The van der Waals surface area contributed by atoms with Gasteiger partial charge in [-0.2, -0.15) is 4.98 Å². The molecule has 0 aliphatic carbocycles. The summed E-state index contributed by atoms with van der Waals surface area (Å²) in [6.45, 7) is 0.645. The molecule has 25 heavy (non-hydrogen) atoms. The molecule has 0 saturated carbocycles. The maximum Gasteiger partial charge on any atom is 0.293 e. The predicted molar refractivity (Wildman–Crippen MR) is 87.1 cm³/mol. The molecule has 3 aromatic heterocycles. The number of hydrogen-bond donors (Lipinski definition) is 2. The molecule has 2 N–H and O–H groups in total. The van der Waals surface area contributed by atoms with Gasteiger partial charge in [-0.05, 0) is 24.3 Å². The van der Waals surface area contributed by atoms with E-state index in [1.54, 1.807) is 18.2 Å². The van der Waals surface area contributed by atoms with Crippen molar-refractivity contribution < 1.29 is 13.3 Å². The van der Waals surface area contributed by atoms with E-state index >= 15 is 0 Å². The number of para-hydroxylation sites is 1. The van der Waals surface area contributed by atoms with Crippen LogP contribution in [-0.4, -0.2) is 15.1 Å². The van der Waals surface area contributed by atoms with Gasteiger partial charge in [0.2, 0.25) is 0 Å². The smallest absolute Gasteiger partial charge is 0.293 e. The fraction of sp³-hybridized carbons (Fsp3) is 0.118. The van der Waals surface area contributed by atoms with E-state index in [0.717, 1.165) is 0 Å². The molecule has 4 rings (SSSR count). The molecule has 0 unspecified atom stereocenters. The Bertz CT molecular complexity index is 1070. The lowest BCUT2D eigenvalue weighted by Gasteiger charge is -2.05. The first kappa shape index (κ1) is 15.3. The van der Waals surface area contributed by atoms with E-state index in [1.807, 2.05) is 0 Å². The van der Waals surface area contributed by atoms with E-state index in [0.29, 0.717) is 41.6 Å². The van der Waals surface area contributed by atoms with Crippen LogP contribution in [0.2, 0.25) is 0 Å². The van der Waals surface area contributed by atoms with Crippen molar-refractivity contribution in [3.05, 3.63) is 70.2 Å². The second-order valence-electron chi connectivity index (χ2n) is 5.42. The highest BCUT2D eigenvalue weighted by molar-refractivity contribution is 5.78. The van der Waals surface area contributed by atoms with Crippen LogP contribution in [0.5, 0.6) is 0 Å². The van der Waals surface area contributed by atoms with Crippen LogP contribution in [0.25, 0.3) is 22.6 Å². The second kappa shape index (κ2) is 6.33. The first-order valence-electron chi connectivity index (χ1n) is 7.58. The van der Waals surface area contributed by atoms with Crippen molar-refractivity contribution in [2.45, 2.75) is 13.1 Å². The van der Waals surface area contributed by atoms with Crippen molar-refractivity contribution >= 4 is 10.9 Å². The summed E-state index contributed by atoms with van der Waals surface area (Å²) in [5, 5.41) is 7.25. The van der Waals surface area contributed by atoms with Gasteiger partial charge in [-0.15, -0.1) is 0 Å². The van der Waals surface area contributed by atoms with Crippen LogP contribution in [0.3, 0.4) is 0 Å². The molecule has 0 aliphatic rings. The summed E-state index contributed by atoms with van der Waals surface area (Å²) in [6.07, 6.45) is 1.52. The van der Waals surface area contributed by atoms with Gasteiger partial charge in [-0.1, -0.05) is 11.2 Å². The Hall–Kier alpha value is -3.26. The summed E-state index contributed by atoms with van der Waals surface area (Å²) in [5.74, 6) is 0.773. The molecule has 0 fully saturated rings. The molecule has 0 atom stereocenters. The molecule has 4 aromatic rings. The first-order chi connectivity index (χ1) is 12.2. The van der Waals surface area contributed by atoms with Crippen molar-refractivity contribution in [1.29, 1.82) is 0 Å². The maximum absolute atomic E-state index is 13.8. The van der Waals surface area contributed by atoms with Crippen molar-refractivity contribution in [3.8, 4) is 11.7 Å². The van der Waals surface area contributed by atoms with Gasteiger partial charge in [0.05, 0.1) is 18.3 Å².